The Kier molecular flexibility index (Phi) is 5.73. The Morgan fingerprint density at radius 3 is 2.48 bits per heavy atom. The SMILES string of the molecule is CC(C)CNCc1nnnn1CC1(CC(C)C)CCCC1. The van der Waals surface area contributed by atoms with Crippen LogP contribution in [0, 0.1) is 17.3 Å². The molecule has 1 aliphatic rings. The van der Waals surface area contributed by atoms with Crippen LogP contribution in [0.4, 0.5) is 0 Å². The van der Waals surface area contributed by atoms with Crippen LogP contribution in [0.3, 0.4) is 0 Å². The Balaban J connectivity index is 1.99. The number of rotatable bonds is 8. The highest BCUT2D eigenvalue weighted by atomic mass is 15.5. The zero-order chi connectivity index (χ0) is 15.3. The molecule has 0 aromatic carbocycles. The molecule has 0 amide bonds. The van der Waals surface area contributed by atoms with Gasteiger partial charge in [0.2, 0.25) is 0 Å². The van der Waals surface area contributed by atoms with E-state index in [-0.39, 0.29) is 0 Å². The lowest BCUT2D eigenvalue weighted by Gasteiger charge is -2.30. The summed E-state index contributed by atoms with van der Waals surface area (Å²) < 4.78 is 2.04. The van der Waals surface area contributed by atoms with Crippen molar-refractivity contribution in [3.63, 3.8) is 0 Å². The van der Waals surface area contributed by atoms with E-state index in [1.54, 1.807) is 0 Å². The minimum Gasteiger partial charge on any atom is -0.310 e. The summed E-state index contributed by atoms with van der Waals surface area (Å²) in [5, 5.41) is 15.8. The molecule has 1 saturated carbocycles. The summed E-state index contributed by atoms with van der Waals surface area (Å²) >= 11 is 0. The van der Waals surface area contributed by atoms with Gasteiger partial charge in [-0.05, 0) is 53.5 Å². The molecule has 1 N–H and O–H groups in total. The Bertz CT molecular complexity index is 418. The van der Waals surface area contributed by atoms with Crippen molar-refractivity contribution in [2.24, 2.45) is 17.3 Å². The van der Waals surface area contributed by atoms with Crippen molar-refractivity contribution >= 4 is 0 Å². The molecule has 5 heteroatoms. The normalized spacial score (nSPS) is 18.0. The minimum absolute atomic E-state index is 0.413. The summed E-state index contributed by atoms with van der Waals surface area (Å²) in [5.74, 6) is 2.37. The first-order chi connectivity index (χ1) is 10.0. The molecule has 0 bridgehead atoms. The molecule has 5 nitrogen and oxygen atoms in total. The fourth-order valence-electron chi connectivity index (χ4n) is 3.68. The third-order valence-electron chi connectivity index (χ3n) is 4.43. The number of nitrogens with one attached hydrogen (secondary N) is 1. The van der Waals surface area contributed by atoms with Gasteiger partial charge in [-0.3, -0.25) is 0 Å². The van der Waals surface area contributed by atoms with Crippen molar-refractivity contribution < 1.29 is 0 Å². The number of aromatic nitrogens is 4. The van der Waals surface area contributed by atoms with Crippen LogP contribution in [0.1, 0.15) is 65.6 Å². The van der Waals surface area contributed by atoms with Crippen LogP contribution in [0.25, 0.3) is 0 Å². The summed E-state index contributed by atoms with van der Waals surface area (Å²) in [6.45, 7) is 11.8. The van der Waals surface area contributed by atoms with Crippen molar-refractivity contribution in [3.05, 3.63) is 5.82 Å². The van der Waals surface area contributed by atoms with E-state index in [0.717, 1.165) is 31.4 Å². The van der Waals surface area contributed by atoms with Gasteiger partial charge in [0.1, 0.15) is 0 Å². The lowest BCUT2D eigenvalue weighted by molar-refractivity contribution is 0.184. The second-order valence-electron chi connectivity index (χ2n) is 7.58. The molecular formula is C16H31N5. The van der Waals surface area contributed by atoms with Gasteiger partial charge in [0, 0.05) is 0 Å². The van der Waals surface area contributed by atoms with Crippen molar-refractivity contribution in [1.29, 1.82) is 0 Å². The highest BCUT2D eigenvalue weighted by molar-refractivity contribution is 4.89. The van der Waals surface area contributed by atoms with E-state index in [2.05, 4.69) is 48.5 Å². The minimum atomic E-state index is 0.413. The molecule has 1 aromatic rings. The van der Waals surface area contributed by atoms with Gasteiger partial charge in [-0.2, -0.15) is 0 Å². The molecule has 1 aromatic heterocycles. The van der Waals surface area contributed by atoms with E-state index in [4.69, 9.17) is 0 Å². The van der Waals surface area contributed by atoms with Crippen molar-refractivity contribution in [3.8, 4) is 0 Å². The van der Waals surface area contributed by atoms with Crippen LogP contribution in [-0.4, -0.2) is 26.8 Å². The third kappa shape index (κ3) is 4.77. The first-order valence-electron chi connectivity index (χ1n) is 8.46. The summed E-state index contributed by atoms with van der Waals surface area (Å²) in [6, 6.07) is 0. The molecule has 21 heavy (non-hydrogen) atoms. The lowest BCUT2D eigenvalue weighted by atomic mass is 9.78. The maximum Gasteiger partial charge on any atom is 0.165 e. The van der Waals surface area contributed by atoms with E-state index in [1.165, 1.54) is 32.1 Å². The smallest absolute Gasteiger partial charge is 0.165 e. The molecule has 1 fully saturated rings. The van der Waals surface area contributed by atoms with E-state index in [1.807, 2.05) is 4.68 Å². The highest BCUT2D eigenvalue weighted by Gasteiger charge is 2.35. The Morgan fingerprint density at radius 1 is 1.14 bits per heavy atom. The molecule has 120 valence electrons. The molecule has 1 aliphatic carbocycles. The second kappa shape index (κ2) is 7.34. The highest BCUT2D eigenvalue weighted by Crippen LogP contribution is 2.44. The maximum atomic E-state index is 4.25. The number of hydrogen-bond donors (Lipinski definition) is 1. The first kappa shape index (κ1) is 16.4. The molecule has 1 heterocycles. The molecule has 0 aliphatic heterocycles. The van der Waals surface area contributed by atoms with Crippen LogP contribution in [-0.2, 0) is 13.1 Å². The fourth-order valence-corrected chi connectivity index (χ4v) is 3.68. The Labute approximate surface area is 128 Å². The Hall–Kier alpha value is -0.970. The molecule has 0 radical (unpaired) electrons. The predicted molar refractivity (Wildman–Crippen MR) is 84.7 cm³/mol. The van der Waals surface area contributed by atoms with Crippen molar-refractivity contribution in [1.82, 2.24) is 25.5 Å². The van der Waals surface area contributed by atoms with Crippen LogP contribution in [0.5, 0.6) is 0 Å². The molecule has 0 unspecified atom stereocenters. The lowest BCUT2D eigenvalue weighted by Crippen LogP contribution is -2.29. The number of hydrogen-bond acceptors (Lipinski definition) is 4. The molecule has 0 spiro atoms. The van der Waals surface area contributed by atoms with Gasteiger partial charge < -0.3 is 5.32 Å². The van der Waals surface area contributed by atoms with Gasteiger partial charge >= 0.3 is 0 Å². The quantitative estimate of drug-likeness (QED) is 0.800. The van der Waals surface area contributed by atoms with Gasteiger partial charge in [0.05, 0.1) is 13.1 Å². The predicted octanol–water partition coefficient (Wildman–Crippen LogP) is 3.03. The molecule has 0 saturated heterocycles. The van der Waals surface area contributed by atoms with Crippen molar-refractivity contribution in [2.45, 2.75) is 72.9 Å². The van der Waals surface area contributed by atoms with E-state index >= 15 is 0 Å². The van der Waals surface area contributed by atoms with E-state index in [9.17, 15) is 0 Å². The zero-order valence-corrected chi connectivity index (χ0v) is 14.1. The third-order valence-corrected chi connectivity index (χ3v) is 4.43. The largest absolute Gasteiger partial charge is 0.310 e. The van der Waals surface area contributed by atoms with Crippen LogP contribution < -0.4 is 5.32 Å². The van der Waals surface area contributed by atoms with Gasteiger partial charge in [0.15, 0.2) is 5.82 Å². The van der Waals surface area contributed by atoms with Crippen LogP contribution >= 0.6 is 0 Å². The summed E-state index contributed by atoms with van der Waals surface area (Å²) in [7, 11) is 0. The standard InChI is InChI=1S/C16H31N5/c1-13(2)9-16(7-5-6-8-16)12-21-15(18-19-20-21)11-17-10-14(3)4/h13-14,17H,5-12H2,1-4H3. The van der Waals surface area contributed by atoms with Gasteiger partial charge in [0.25, 0.3) is 0 Å². The van der Waals surface area contributed by atoms with Gasteiger partial charge in [-0.1, -0.05) is 40.5 Å². The van der Waals surface area contributed by atoms with E-state index < -0.39 is 0 Å². The van der Waals surface area contributed by atoms with Gasteiger partial charge in [-0.25, -0.2) is 4.68 Å². The van der Waals surface area contributed by atoms with Crippen LogP contribution in [0.2, 0.25) is 0 Å². The second-order valence-corrected chi connectivity index (χ2v) is 7.58. The zero-order valence-electron chi connectivity index (χ0n) is 14.1. The summed E-state index contributed by atoms with van der Waals surface area (Å²) in [4.78, 5) is 0. The fraction of sp³-hybridized carbons (Fsp3) is 0.938. The summed E-state index contributed by atoms with van der Waals surface area (Å²) in [6.07, 6.45) is 6.64. The molecule has 2 rings (SSSR count). The Morgan fingerprint density at radius 2 is 1.86 bits per heavy atom. The van der Waals surface area contributed by atoms with Crippen LogP contribution in [0.15, 0.2) is 0 Å². The molecule has 0 atom stereocenters. The van der Waals surface area contributed by atoms with Gasteiger partial charge in [-0.15, -0.1) is 5.10 Å². The number of nitrogens with zero attached hydrogens (tertiary/aromatic N) is 4. The first-order valence-corrected chi connectivity index (χ1v) is 8.46. The molecular weight excluding hydrogens is 262 g/mol. The van der Waals surface area contributed by atoms with Crippen molar-refractivity contribution in [2.75, 3.05) is 6.54 Å². The maximum absolute atomic E-state index is 4.25. The summed E-state index contributed by atoms with van der Waals surface area (Å²) in [5.41, 5.74) is 0.413. The average Bonchev–Trinajstić information content (AvgIpc) is 2.99. The topological polar surface area (TPSA) is 55.6 Å². The monoisotopic (exact) mass is 293 g/mol. The number of tetrazole rings is 1. The average molecular weight is 293 g/mol. The van der Waals surface area contributed by atoms with E-state index in [0.29, 0.717) is 11.3 Å².